The Bertz CT molecular complexity index is 514. The topological polar surface area (TPSA) is 126 Å². The zero-order chi connectivity index (χ0) is 14.3. The predicted octanol–water partition coefficient (Wildman–Crippen LogP) is -0.540. The highest BCUT2D eigenvalue weighted by Crippen LogP contribution is 2.09. The zero-order valence-corrected chi connectivity index (χ0v) is 11.3. The van der Waals surface area contributed by atoms with Crippen molar-refractivity contribution in [2.45, 2.75) is 11.8 Å². The highest BCUT2D eigenvalue weighted by atomic mass is 32.2. The van der Waals surface area contributed by atoms with Gasteiger partial charge in [0.2, 0.25) is 10.0 Å². The molecular formula is C10H17N5O3S. The van der Waals surface area contributed by atoms with Crippen molar-refractivity contribution in [1.29, 1.82) is 0 Å². The summed E-state index contributed by atoms with van der Waals surface area (Å²) in [5.41, 5.74) is 4.85. The van der Waals surface area contributed by atoms with Crippen LogP contribution in [0.5, 0.6) is 0 Å². The van der Waals surface area contributed by atoms with Crippen LogP contribution >= 0.6 is 0 Å². The highest BCUT2D eigenvalue weighted by Gasteiger charge is 2.13. The molecule has 0 spiro atoms. The standard InChI is InChI=1S/C10H17N5O3S/c1-2-12-9-4-3-8(7-14-9)19(17,18)15-6-5-13-10(11)16/h3-4,7,15H,2,5-6H2,1H3,(H,12,14)(H3,11,13,16). The van der Waals surface area contributed by atoms with Crippen LogP contribution in [0.1, 0.15) is 6.92 Å². The van der Waals surface area contributed by atoms with Gasteiger partial charge in [-0.25, -0.2) is 22.9 Å². The average molecular weight is 287 g/mol. The first-order chi connectivity index (χ1) is 8.95. The van der Waals surface area contributed by atoms with Crippen LogP contribution in [-0.2, 0) is 10.0 Å². The van der Waals surface area contributed by atoms with Gasteiger partial charge in [-0.2, -0.15) is 0 Å². The van der Waals surface area contributed by atoms with Gasteiger partial charge in [0, 0.05) is 25.8 Å². The quantitative estimate of drug-likeness (QED) is 0.501. The van der Waals surface area contributed by atoms with E-state index in [-0.39, 0.29) is 18.0 Å². The molecule has 0 aliphatic rings. The molecule has 0 aromatic carbocycles. The molecule has 5 N–H and O–H groups in total. The fraction of sp³-hybridized carbons (Fsp3) is 0.400. The molecule has 106 valence electrons. The minimum atomic E-state index is -3.62. The second-order valence-corrected chi connectivity index (χ2v) is 5.37. The van der Waals surface area contributed by atoms with E-state index in [0.29, 0.717) is 12.4 Å². The van der Waals surface area contributed by atoms with Crippen LogP contribution in [0, 0.1) is 0 Å². The van der Waals surface area contributed by atoms with Crippen molar-refractivity contribution >= 4 is 21.9 Å². The van der Waals surface area contributed by atoms with Crippen molar-refractivity contribution in [2.75, 3.05) is 25.0 Å². The average Bonchev–Trinajstić information content (AvgIpc) is 2.36. The second kappa shape index (κ2) is 6.90. The molecule has 0 unspecified atom stereocenters. The molecule has 9 heteroatoms. The SMILES string of the molecule is CCNc1ccc(S(=O)(=O)NCCNC(N)=O)cn1. The van der Waals surface area contributed by atoms with E-state index < -0.39 is 16.1 Å². The molecule has 8 nitrogen and oxygen atoms in total. The molecule has 0 radical (unpaired) electrons. The van der Waals surface area contributed by atoms with Gasteiger partial charge in [0.25, 0.3) is 0 Å². The number of nitrogens with one attached hydrogen (secondary N) is 3. The smallest absolute Gasteiger partial charge is 0.312 e. The first kappa shape index (κ1) is 15.2. The monoisotopic (exact) mass is 287 g/mol. The third-order valence-corrected chi connectivity index (χ3v) is 3.57. The number of rotatable bonds is 7. The number of nitrogens with two attached hydrogens (primary N) is 1. The Morgan fingerprint density at radius 2 is 2.11 bits per heavy atom. The normalized spacial score (nSPS) is 11.0. The van der Waals surface area contributed by atoms with Gasteiger partial charge in [-0.05, 0) is 19.1 Å². The van der Waals surface area contributed by atoms with E-state index >= 15 is 0 Å². The Morgan fingerprint density at radius 1 is 1.37 bits per heavy atom. The van der Waals surface area contributed by atoms with E-state index in [0.717, 1.165) is 0 Å². The summed E-state index contributed by atoms with van der Waals surface area (Å²) in [5, 5.41) is 5.24. The lowest BCUT2D eigenvalue weighted by Gasteiger charge is -2.07. The first-order valence-electron chi connectivity index (χ1n) is 5.68. The maximum absolute atomic E-state index is 11.8. The minimum Gasteiger partial charge on any atom is -0.370 e. The van der Waals surface area contributed by atoms with Crippen molar-refractivity contribution in [2.24, 2.45) is 5.73 Å². The van der Waals surface area contributed by atoms with E-state index in [1.165, 1.54) is 12.3 Å². The number of carbonyl (C=O) groups excluding carboxylic acids is 1. The molecule has 0 aliphatic carbocycles. The van der Waals surface area contributed by atoms with E-state index in [2.05, 4.69) is 20.3 Å². The number of nitrogens with zero attached hydrogens (tertiary/aromatic N) is 1. The van der Waals surface area contributed by atoms with Gasteiger partial charge in [-0.1, -0.05) is 0 Å². The number of hydrogen-bond acceptors (Lipinski definition) is 5. The van der Waals surface area contributed by atoms with E-state index in [4.69, 9.17) is 5.73 Å². The van der Waals surface area contributed by atoms with E-state index in [1.807, 2.05) is 6.92 Å². The van der Waals surface area contributed by atoms with Crippen molar-refractivity contribution in [3.63, 3.8) is 0 Å². The van der Waals surface area contributed by atoms with Gasteiger partial charge < -0.3 is 16.4 Å². The summed E-state index contributed by atoms with van der Waals surface area (Å²) in [6, 6.07) is 2.34. The largest absolute Gasteiger partial charge is 0.370 e. The molecule has 0 fully saturated rings. The molecule has 1 aromatic heterocycles. The summed E-state index contributed by atoms with van der Waals surface area (Å²) in [5.74, 6) is 0.608. The highest BCUT2D eigenvalue weighted by molar-refractivity contribution is 7.89. The molecular weight excluding hydrogens is 270 g/mol. The lowest BCUT2D eigenvalue weighted by molar-refractivity contribution is 0.249. The van der Waals surface area contributed by atoms with Gasteiger partial charge in [-0.15, -0.1) is 0 Å². The van der Waals surface area contributed by atoms with Crippen LogP contribution in [0.2, 0.25) is 0 Å². The summed E-state index contributed by atoms with van der Waals surface area (Å²) >= 11 is 0. The molecule has 0 atom stereocenters. The number of anilines is 1. The van der Waals surface area contributed by atoms with E-state index in [1.54, 1.807) is 6.07 Å². The molecule has 1 heterocycles. The van der Waals surface area contributed by atoms with Crippen LogP contribution in [0.4, 0.5) is 10.6 Å². The van der Waals surface area contributed by atoms with Crippen LogP contribution in [0.25, 0.3) is 0 Å². The Labute approximate surface area is 111 Å². The van der Waals surface area contributed by atoms with Crippen LogP contribution in [-0.4, -0.2) is 39.1 Å². The Hall–Kier alpha value is -1.87. The number of amides is 2. The predicted molar refractivity (Wildman–Crippen MR) is 71.2 cm³/mol. The van der Waals surface area contributed by atoms with Gasteiger partial charge in [0.1, 0.15) is 10.7 Å². The lowest BCUT2D eigenvalue weighted by atomic mass is 10.4. The zero-order valence-electron chi connectivity index (χ0n) is 10.5. The minimum absolute atomic E-state index is 0.0558. The van der Waals surface area contributed by atoms with Crippen LogP contribution < -0.4 is 21.1 Å². The van der Waals surface area contributed by atoms with Crippen molar-refractivity contribution < 1.29 is 13.2 Å². The van der Waals surface area contributed by atoms with Crippen LogP contribution in [0.15, 0.2) is 23.2 Å². The maximum Gasteiger partial charge on any atom is 0.312 e. The van der Waals surface area contributed by atoms with Gasteiger partial charge in [-0.3, -0.25) is 0 Å². The van der Waals surface area contributed by atoms with Crippen molar-refractivity contribution in [1.82, 2.24) is 15.0 Å². The van der Waals surface area contributed by atoms with Gasteiger partial charge in [0.05, 0.1) is 0 Å². The summed E-state index contributed by atoms with van der Waals surface area (Å²) in [6.07, 6.45) is 1.27. The van der Waals surface area contributed by atoms with Gasteiger partial charge >= 0.3 is 6.03 Å². The number of carbonyl (C=O) groups is 1. The first-order valence-corrected chi connectivity index (χ1v) is 7.17. The summed E-state index contributed by atoms with van der Waals surface area (Å²) in [4.78, 5) is 14.4. The number of sulfonamides is 1. The fourth-order valence-corrected chi connectivity index (χ4v) is 2.26. The van der Waals surface area contributed by atoms with Crippen molar-refractivity contribution in [3.05, 3.63) is 18.3 Å². The third kappa shape index (κ3) is 5.10. The number of hydrogen-bond donors (Lipinski definition) is 4. The summed E-state index contributed by atoms with van der Waals surface area (Å²) < 4.78 is 26.0. The lowest BCUT2D eigenvalue weighted by Crippen LogP contribution is -2.37. The number of primary amides is 1. The molecule has 2 amide bonds. The summed E-state index contributed by atoms with van der Waals surface area (Å²) in [6.45, 7) is 2.80. The second-order valence-electron chi connectivity index (χ2n) is 3.60. The summed E-state index contributed by atoms with van der Waals surface area (Å²) in [7, 11) is -3.62. The Kier molecular flexibility index (Phi) is 5.52. The molecule has 19 heavy (non-hydrogen) atoms. The molecule has 1 aromatic rings. The van der Waals surface area contributed by atoms with Gasteiger partial charge in [0.15, 0.2) is 0 Å². The number of urea groups is 1. The van der Waals surface area contributed by atoms with E-state index in [9.17, 15) is 13.2 Å². The molecule has 0 bridgehead atoms. The number of aromatic nitrogens is 1. The molecule has 1 rings (SSSR count). The maximum atomic E-state index is 11.8. The third-order valence-electron chi connectivity index (χ3n) is 2.12. The van der Waals surface area contributed by atoms with Crippen LogP contribution in [0.3, 0.4) is 0 Å². The molecule has 0 saturated carbocycles. The fourth-order valence-electron chi connectivity index (χ4n) is 1.28. The number of pyridine rings is 1. The molecule has 0 saturated heterocycles. The Balaban J connectivity index is 2.59. The Morgan fingerprint density at radius 3 is 2.63 bits per heavy atom. The van der Waals surface area contributed by atoms with Crippen molar-refractivity contribution in [3.8, 4) is 0 Å². The molecule has 0 aliphatic heterocycles.